The van der Waals surface area contributed by atoms with Crippen LogP contribution in [-0.2, 0) is 13.0 Å². The van der Waals surface area contributed by atoms with Crippen molar-refractivity contribution in [2.75, 3.05) is 0 Å². The molecule has 3 rings (SSSR count). The highest BCUT2D eigenvalue weighted by molar-refractivity contribution is 5.95. The van der Waals surface area contributed by atoms with E-state index >= 15 is 0 Å². The molecule has 1 aromatic heterocycles. The summed E-state index contributed by atoms with van der Waals surface area (Å²) in [4.78, 5) is 13.0. The smallest absolute Gasteiger partial charge is 0.270 e. The first kappa shape index (κ1) is 17.7. The number of benzene rings is 2. The molecule has 3 aromatic rings. The van der Waals surface area contributed by atoms with E-state index in [-0.39, 0.29) is 17.3 Å². The summed E-state index contributed by atoms with van der Waals surface area (Å²) in [6, 6.07) is 17.5. The molecule has 0 aliphatic heterocycles. The number of rotatable bonds is 6. The van der Waals surface area contributed by atoms with Crippen LogP contribution in [0.5, 0.6) is 0 Å². The molecule has 134 valence electrons. The molecule has 26 heavy (non-hydrogen) atoms. The fourth-order valence-corrected chi connectivity index (χ4v) is 3.12. The van der Waals surface area contributed by atoms with E-state index in [1.165, 1.54) is 0 Å². The fourth-order valence-electron chi connectivity index (χ4n) is 3.12. The lowest BCUT2D eigenvalue weighted by molar-refractivity contribution is 0.640. The molecule has 5 heteroatoms. The number of hydrogen-bond acceptors (Lipinski definition) is 2. The van der Waals surface area contributed by atoms with Gasteiger partial charge in [-0.1, -0.05) is 62.4 Å². The van der Waals surface area contributed by atoms with Gasteiger partial charge in [0.25, 0.3) is 5.56 Å². The van der Waals surface area contributed by atoms with Gasteiger partial charge in [-0.25, -0.2) is 4.68 Å². The van der Waals surface area contributed by atoms with Crippen molar-refractivity contribution in [1.82, 2.24) is 9.78 Å². The second-order valence-electron chi connectivity index (χ2n) is 6.83. The molecule has 0 aliphatic carbocycles. The first-order valence-corrected chi connectivity index (χ1v) is 8.74. The van der Waals surface area contributed by atoms with Gasteiger partial charge >= 0.3 is 0 Å². The molecule has 0 radical (unpaired) electrons. The van der Waals surface area contributed by atoms with Crippen LogP contribution in [0.4, 0.5) is 0 Å². The van der Waals surface area contributed by atoms with Gasteiger partial charge in [0.05, 0.1) is 6.54 Å². The summed E-state index contributed by atoms with van der Waals surface area (Å²) >= 11 is 0. The number of aromatic nitrogens is 2. The van der Waals surface area contributed by atoms with E-state index in [0.29, 0.717) is 18.5 Å². The van der Waals surface area contributed by atoms with Crippen LogP contribution in [0.25, 0.3) is 0 Å². The Hall–Kier alpha value is -3.08. The van der Waals surface area contributed by atoms with Crippen LogP contribution in [0.15, 0.2) is 59.4 Å². The summed E-state index contributed by atoms with van der Waals surface area (Å²) in [7, 11) is 0. The summed E-state index contributed by atoms with van der Waals surface area (Å²) < 4.78 is 1.68. The molecule has 2 aromatic carbocycles. The monoisotopic (exact) mass is 348 g/mol. The Morgan fingerprint density at radius 2 is 1.81 bits per heavy atom. The van der Waals surface area contributed by atoms with Crippen molar-refractivity contribution in [1.29, 1.82) is 5.41 Å². The Morgan fingerprint density at radius 1 is 1.12 bits per heavy atom. The van der Waals surface area contributed by atoms with Gasteiger partial charge in [-0.2, -0.15) is 0 Å². The molecule has 0 spiro atoms. The van der Waals surface area contributed by atoms with E-state index in [9.17, 15) is 4.79 Å². The molecule has 0 atom stereocenters. The average molecular weight is 348 g/mol. The Morgan fingerprint density at radius 3 is 2.46 bits per heavy atom. The Bertz CT molecular complexity index is 967. The lowest BCUT2D eigenvalue weighted by atomic mass is 9.98. The van der Waals surface area contributed by atoms with Gasteiger partial charge in [-0.05, 0) is 23.1 Å². The van der Waals surface area contributed by atoms with Gasteiger partial charge in [-0.3, -0.25) is 15.3 Å². The normalized spacial score (nSPS) is 11.0. The van der Waals surface area contributed by atoms with E-state index in [0.717, 1.165) is 22.4 Å². The summed E-state index contributed by atoms with van der Waals surface area (Å²) in [5.74, 6) is 0.247. The van der Waals surface area contributed by atoms with Gasteiger partial charge in [0.15, 0.2) is 0 Å². The van der Waals surface area contributed by atoms with E-state index in [1.807, 2.05) is 48.5 Å². The molecule has 0 amide bonds. The molecular formula is C21H24N4O. The Balaban J connectivity index is 1.97. The van der Waals surface area contributed by atoms with Crippen LogP contribution < -0.4 is 11.3 Å². The number of nitrogen functional groups attached to an aromatic ring is 1. The van der Waals surface area contributed by atoms with Crippen molar-refractivity contribution in [3.05, 3.63) is 92.9 Å². The number of H-pyrrole nitrogens is 1. The zero-order valence-electron chi connectivity index (χ0n) is 15.1. The van der Waals surface area contributed by atoms with Crippen LogP contribution in [0, 0.1) is 5.41 Å². The minimum Gasteiger partial charge on any atom is -0.384 e. The minimum absolute atomic E-state index is 0.00535. The van der Waals surface area contributed by atoms with Gasteiger partial charge in [0.1, 0.15) is 5.84 Å². The first-order chi connectivity index (χ1) is 12.5. The minimum atomic E-state index is 0.00535. The maximum absolute atomic E-state index is 13.0. The topological polar surface area (TPSA) is 87.7 Å². The SMILES string of the molecule is CC(C)c1[nH]n(Cc2ccccc2)c(=O)c1Cc1cccc(C(=N)N)c1. The zero-order chi connectivity index (χ0) is 18.7. The molecule has 0 aliphatic rings. The lowest BCUT2D eigenvalue weighted by Crippen LogP contribution is -2.20. The summed E-state index contributed by atoms with van der Waals surface area (Å²) in [6.45, 7) is 4.67. The number of nitrogens with zero attached hydrogens (tertiary/aromatic N) is 1. The average Bonchev–Trinajstić information content (AvgIpc) is 2.93. The lowest BCUT2D eigenvalue weighted by Gasteiger charge is -2.07. The Labute approximate surface area is 153 Å². The van der Waals surface area contributed by atoms with Crippen molar-refractivity contribution >= 4 is 5.84 Å². The molecule has 0 bridgehead atoms. The van der Waals surface area contributed by atoms with Crippen molar-refractivity contribution < 1.29 is 0 Å². The largest absolute Gasteiger partial charge is 0.384 e. The molecular weight excluding hydrogens is 324 g/mol. The highest BCUT2D eigenvalue weighted by atomic mass is 16.1. The predicted octanol–water partition coefficient (Wildman–Crippen LogP) is 3.22. The van der Waals surface area contributed by atoms with Gasteiger partial charge in [-0.15, -0.1) is 0 Å². The third-order valence-corrected chi connectivity index (χ3v) is 4.46. The summed E-state index contributed by atoms with van der Waals surface area (Å²) in [5.41, 5.74) is 10.1. The molecule has 5 nitrogen and oxygen atoms in total. The van der Waals surface area contributed by atoms with Crippen LogP contribution in [0.3, 0.4) is 0 Å². The van der Waals surface area contributed by atoms with E-state index in [2.05, 4.69) is 18.9 Å². The van der Waals surface area contributed by atoms with Crippen molar-refractivity contribution in [2.45, 2.75) is 32.7 Å². The maximum Gasteiger partial charge on any atom is 0.270 e. The molecule has 0 saturated heterocycles. The van der Waals surface area contributed by atoms with Crippen molar-refractivity contribution in [3.8, 4) is 0 Å². The number of nitrogens with two attached hydrogens (primary N) is 1. The zero-order valence-corrected chi connectivity index (χ0v) is 15.1. The number of nitrogens with one attached hydrogen (secondary N) is 2. The summed E-state index contributed by atoms with van der Waals surface area (Å²) in [6.07, 6.45) is 0.520. The van der Waals surface area contributed by atoms with E-state index < -0.39 is 0 Å². The Kier molecular flexibility index (Phi) is 5.07. The number of hydrogen-bond donors (Lipinski definition) is 3. The number of amidine groups is 1. The van der Waals surface area contributed by atoms with Gasteiger partial charge < -0.3 is 5.73 Å². The third-order valence-electron chi connectivity index (χ3n) is 4.46. The maximum atomic E-state index is 13.0. The second kappa shape index (κ2) is 7.44. The van der Waals surface area contributed by atoms with Crippen LogP contribution in [0.1, 0.15) is 47.7 Å². The molecule has 4 N–H and O–H groups in total. The second-order valence-corrected chi connectivity index (χ2v) is 6.83. The van der Waals surface area contributed by atoms with Crippen LogP contribution in [0.2, 0.25) is 0 Å². The van der Waals surface area contributed by atoms with E-state index in [1.54, 1.807) is 10.7 Å². The highest BCUT2D eigenvalue weighted by Gasteiger charge is 2.17. The van der Waals surface area contributed by atoms with Crippen molar-refractivity contribution in [2.24, 2.45) is 5.73 Å². The molecule has 0 fully saturated rings. The van der Waals surface area contributed by atoms with Gasteiger partial charge in [0.2, 0.25) is 0 Å². The van der Waals surface area contributed by atoms with E-state index in [4.69, 9.17) is 11.1 Å². The van der Waals surface area contributed by atoms with Crippen LogP contribution >= 0.6 is 0 Å². The quantitative estimate of drug-likeness (QED) is 0.472. The third kappa shape index (κ3) is 3.77. The standard InChI is InChI=1S/C21H24N4O/c1-14(2)19-18(12-16-9-6-10-17(11-16)20(22)23)21(26)25(24-19)13-15-7-4-3-5-8-15/h3-11,14,24H,12-13H2,1-2H3,(H3,22,23). The number of aromatic amines is 1. The highest BCUT2D eigenvalue weighted by Crippen LogP contribution is 2.19. The van der Waals surface area contributed by atoms with Crippen molar-refractivity contribution in [3.63, 3.8) is 0 Å². The molecule has 0 unspecified atom stereocenters. The first-order valence-electron chi connectivity index (χ1n) is 8.74. The summed E-state index contributed by atoms with van der Waals surface area (Å²) in [5, 5.41) is 10.9. The fraction of sp³-hybridized carbons (Fsp3) is 0.238. The molecule has 0 saturated carbocycles. The van der Waals surface area contributed by atoms with Crippen LogP contribution in [-0.4, -0.2) is 15.6 Å². The molecule has 1 heterocycles. The predicted molar refractivity (Wildman–Crippen MR) is 105 cm³/mol. The van der Waals surface area contributed by atoms with Gasteiger partial charge in [0, 0.05) is 23.2 Å².